The Kier molecular flexibility index (Phi) is 5.95. The van der Waals surface area contributed by atoms with Crippen molar-refractivity contribution in [3.63, 3.8) is 0 Å². The number of nitrogens with one attached hydrogen (secondary N) is 1. The van der Waals surface area contributed by atoms with Gasteiger partial charge in [0.1, 0.15) is 10.8 Å². The van der Waals surface area contributed by atoms with Crippen molar-refractivity contribution in [1.82, 2.24) is 9.97 Å². The summed E-state index contributed by atoms with van der Waals surface area (Å²) in [4.78, 5) is 20.9. The van der Waals surface area contributed by atoms with Crippen molar-refractivity contribution in [3.8, 4) is 0 Å². The highest BCUT2D eigenvalue weighted by Crippen LogP contribution is 2.29. The molecule has 29 heavy (non-hydrogen) atoms. The number of benzene rings is 2. The summed E-state index contributed by atoms with van der Waals surface area (Å²) in [6, 6.07) is 14.0. The predicted molar refractivity (Wildman–Crippen MR) is 118 cm³/mol. The van der Waals surface area contributed by atoms with Crippen molar-refractivity contribution in [1.29, 1.82) is 0 Å². The molecule has 1 amide bonds. The molecule has 2 aromatic heterocycles. The molecule has 2 aromatic carbocycles. The Morgan fingerprint density at radius 1 is 1.10 bits per heavy atom. The maximum atomic E-state index is 12.4. The summed E-state index contributed by atoms with van der Waals surface area (Å²) in [5.74, 6) is -0.0771. The molecule has 6 nitrogen and oxygen atoms in total. The van der Waals surface area contributed by atoms with Gasteiger partial charge in [-0.05, 0) is 36.4 Å². The number of hydrogen-bond donors (Lipinski definition) is 1. The van der Waals surface area contributed by atoms with E-state index < -0.39 is 9.84 Å². The van der Waals surface area contributed by atoms with Crippen LogP contribution in [0.4, 0.5) is 5.69 Å². The minimum absolute atomic E-state index is 0.130. The number of sulfone groups is 1. The molecule has 0 atom stereocenters. The number of amides is 1. The minimum atomic E-state index is -3.46. The number of carbonyl (C=O) groups excluding carboxylic acids is 1. The number of anilines is 1. The van der Waals surface area contributed by atoms with Crippen LogP contribution in [-0.2, 0) is 20.4 Å². The molecule has 0 unspecified atom stereocenters. The lowest BCUT2D eigenvalue weighted by atomic mass is 10.3. The second kappa shape index (κ2) is 8.62. The first-order valence-corrected chi connectivity index (χ1v) is 12.8. The van der Waals surface area contributed by atoms with Crippen LogP contribution >= 0.6 is 34.4 Å². The molecule has 0 saturated carbocycles. The lowest BCUT2D eigenvalue weighted by molar-refractivity contribution is -0.113. The predicted octanol–water partition coefficient (Wildman–Crippen LogP) is 4.46. The molecule has 0 spiro atoms. The van der Waals surface area contributed by atoms with Gasteiger partial charge >= 0.3 is 0 Å². The summed E-state index contributed by atoms with van der Waals surface area (Å²) in [7, 11) is -3.46. The molecule has 0 bridgehead atoms. The normalized spacial score (nSPS) is 11.6. The third kappa shape index (κ3) is 5.02. The van der Waals surface area contributed by atoms with E-state index in [4.69, 9.17) is 0 Å². The maximum Gasteiger partial charge on any atom is 0.234 e. The Bertz CT molecular complexity index is 1200. The quantitative estimate of drug-likeness (QED) is 0.409. The second-order valence-electron chi connectivity index (χ2n) is 5.99. The standard InChI is InChI=1S/C19H15N3O3S4/c23-17(11-27-19-22-15-3-1-2-4-16(15)28-19)21-13-5-7-14(8-6-13)29(24,25)12-18-20-9-10-26-18/h1-10H,11-12H2,(H,21,23). The first kappa shape index (κ1) is 20.0. The first-order valence-electron chi connectivity index (χ1n) is 8.49. The van der Waals surface area contributed by atoms with Gasteiger partial charge in [-0.15, -0.1) is 22.7 Å². The van der Waals surface area contributed by atoms with Crippen molar-refractivity contribution in [2.45, 2.75) is 15.0 Å². The zero-order valence-electron chi connectivity index (χ0n) is 14.9. The highest BCUT2D eigenvalue weighted by atomic mass is 32.2. The Labute approximate surface area is 180 Å². The molecule has 148 valence electrons. The summed E-state index contributed by atoms with van der Waals surface area (Å²) in [5, 5.41) is 5.08. The van der Waals surface area contributed by atoms with Gasteiger partial charge in [0.2, 0.25) is 5.91 Å². The molecule has 0 aliphatic carbocycles. The Morgan fingerprint density at radius 3 is 2.62 bits per heavy atom. The third-order valence-corrected chi connectivity index (χ3v) is 8.68. The number of para-hydroxylation sites is 1. The number of aromatic nitrogens is 2. The molecule has 2 heterocycles. The first-order chi connectivity index (χ1) is 14.0. The highest BCUT2D eigenvalue weighted by molar-refractivity contribution is 8.01. The van der Waals surface area contributed by atoms with Gasteiger partial charge < -0.3 is 5.32 Å². The van der Waals surface area contributed by atoms with Gasteiger partial charge in [0.15, 0.2) is 14.2 Å². The largest absolute Gasteiger partial charge is 0.325 e. The van der Waals surface area contributed by atoms with E-state index in [0.29, 0.717) is 10.7 Å². The molecule has 0 radical (unpaired) electrons. The zero-order chi connectivity index (χ0) is 20.3. The fourth-order valence-electron chi connectivity index (χ4n) is 2.55. The van der Waals surface area contributed by atoms with Gasteiger partial charge in [-0.25, -0.2) is 18.4 Å². The fourth-order valence-corrected chi connectivity index (χ4v) is 6.68. The molecule has 1 N–H and O–H groups in total. The number of rotatable bonds is 7. The molecular weight excluding hydrogens is 446 g/mol. The van der Waals surface area contributed by atoms with Crippen LogP contribution in [0, 0.1) is 0 Å². The number of carbonyl (C=O) groups is 1. The van der Waals surface area contributed by atoms with Crippen LogP contribution in [0.2, 0.25) is 0 Å². The van der Waals surface area contributed by atoms with Crippen LogP contribution < -0.4 is 5.32 Å². The van der Waals surface area contributed by atoms with Gasteiger partial charge in [0.05, 0.1) is 20.9 Å². The SMILES string of the molecule is O=C(CSc1nc2ccccc2s1)Nc1ccc(S(=O)(=O)Cc2nccs2)cc1. The summed E-state index contributed by atoms with van der Waals surface area (Å²) in [6.07, 6.45) is 1.58. The fraction of sp³-hybridized carbons (Fsp3) is 0.105. The summed E-state index contributed by atoms with van der Waals surface area (Å²) in [5.41, 5.74) is 1.48. The Hall–Kier alpha value is -2.27. The second-order valence-corrected chi connectivity index (χ2v) is 11.2. The molecule has 4 aromatic rings. The lowest BCUT2D eigenvalue weighted by Crippen LogP contribution is -2.14. The molecular formula is C19H15N3O3S4. The van der Waals surface area contributed by atoms with Crippen molar-refractivity contribution >= 4 is 66.1 Å². The van der Waals surface area contributed by atoms with Gasteiger partial charge in [-0.3, -0.25) is 4.79 Å². The van der Waals surface area contributed by atoms with Crippen LogP contribution in [0.1, 0.15) is 5.01 Å². The minimum Gasteiger partial charge on any atom is -0.325 e. The van der Waals surface area contributed by atoms with Crippen molar-refractivity contribution in [2.24, 2.45) is 0 Å². The molecule has 0 fully saturated rings. The van der Waals surface area contributed by atoms with Crippen LogP contribution in [-0.4, -0.2) is 30.0 Å². The van der Waals surface area contributed by atoms with E-state index in [0.717, 1.165) is 14.6 Å². The zero-order valence-corrected chi connectivity index (χ0v) is 18.2. The van der Waals surface area contributed by atoms with E-state index in [1.54, 1.807) is 35.0 Å². The van der Waals surface area contributed by atoms with E-state index in [2.05, 4.69) is 15.3 Å². The number of thioether (sulfide) groups is 1. The third-order valence-electron chi connectivity index (χ3n) is 3.90. The lowest BCUT2D eigenvalue weighted by Gasteiger charge is -2.06. The number of fused-ring (bicyclic) bond motifs is 1. The number of nitrogens with zero attached hydrogens (tertiary/aromatic N) is 2. The van der Waals surface area contributed by atoms with E-state index >= 15 is 0 Å². The van der Waals surface area contributed by atoms with Gasteiger partial charge in [0.25, 0.3) is 0 Å². The van der Waals surface area contributed by atoms with Crippen LogP contribution in [0.15, 0.2) is 69.3 Å². The molecule has 0 aliphatic rings. The van der Waals surface area contributed by atoms with Gasteiger partial charge in [-0.1, -0.05) is 23.9 Å². The molecule has 4 rings (SSSR count). The Balaban J connectivity index is 1.35. The highest BCUT2D eigenvalue weighted by Gasteiger charge is 2.17. The summed E-state index contributed by atoms with van der Waals surface area (Å²) < 4.78 is 26.8. The van der Waals surface area contributed by atoms with Crippen molar-refractivity contribution in [2.75, 3.05) is 11.1 Å². The number of thiazole rings is 2. The van der Waals surface area contributed by atoms with E-state index in [1.807, 2.05) is 24.3 Å². The van der Waals surface area contributed by atoms with E-state index in [1.165, 1.54) is 35.2 Å². The van der Waals surface area contributed by atoms with Crippen LogP contribution in [0.5, 0.6) is 0 Å². The van der Waals surface area contributed by atoms with Gasteiger partial charge in [0, 0.05) is 17.3 Å². The average molecular weight is 462 g/mol. The topological polar surface area (TPSA) is 89.0 Å². The van der Waals surface area contributed by atoms with Crippen molar-refractivity contribution in [3.05, 3.63) is 65.1 Å². The van der Waals surface area contributed by atoms with Crippen LogP contribution in [0.3, 0.4) is 0 Å². The average Bonchev–Trinajstić information content (AvgIpc) is 3.35. The van der Waals surface area contributed by atoms with E-state index in [-0.39, 0.29) is 22.3 Å². The smallest absolute Gasteiger partial charge is 0.234 e. The van der Waals surface area contributed by atoms with E-state index in [9.17, 15) is 13.2 Å². The maximum absolute atomic E-state index is 12.4. The summed E-state index contributed by atoms with van der Waals surface area (Å²) >= 11 is 4.24. The van der Waals surface area contributed by atoms with Crippen molar-refractivity contribution < 1.29 is 13.2 Å². The summed E-state index contributed by atoms with van der Waals surface area (Å²) in [6.45, 7) is 0. The molecule has 10 heteroatoms. The molecule has 0 aliphatic heterocycles. The number of hydrogen-bond acceptors (Lipinski definition) is 8. The Morgan fingerprint density at radius 2 is 1.90 bits per heavy atom. The van der Waals surface area contributed by atoms with Gasteiger partial charge in [-0.2, -0.15) is 0 Å². The van der Waals surface area contributed by atoms with Crippen LogP contribution in [0.25, 0.3) is 10.2 Å². The molecule has 0 saturated heterocycles. The monoisotopic (exact) mass is 461 g/mol.